The maximum atomic E-state index is 11.9. The van der Waals surface area contributed by atoms with E-state index < -0.39 is 12.0 Å². The van der Waals surface area contributed by atoms with Gasteiger partial charge in [-0.2, -0.15) is 0 Å². The molecule has 23 heavy (non-hydrogen) atoms. The third kappa shape index (κ3) is 4.69. The molecule has 0 amide bonds. The monoisotopic (exact) mass is 338 g/mol. The average molecular weight is 339 g/mol. The molecule has 1 N–H and O–H groups in total. The summed E-state index contributed by atoms with van der Waals surface area (Å²) in [4.78, 5) is 16.4. The number of aliphatic carboxylic acids is 1. The van der Waals surface area contributed by atoms with Gasteiger partial charge >= 0.3 is 5.97 Å². The highest BCUT2D eigenvalue weighted by Crippen LogP contribution is 2.27. The minimum absolute atomic E-state index is 0.409. The topological polar surface area (TPSA) is 43.8 Å². The van der Waals surface area contributed by atoms with Crippen molar-refractivity contribution in [1.29, 1.82) is 0 Å². The van der Waals surface area contributed by atoms with Crippen molar-refractivity contribution in [3.05, 3.63) is 34.9 Å². The van der Waals surface area contributed by atoms with E-state index in [4.69, 9.17) is 11.6 Å². The Labute approximate surface area is 144 Å². The second kappa shape index (κ2) is 8.13. The molecular formula is C18H27ClN2O2. The van der Waals surface area contributed by atoms with Gasteiger partial charge in [-0.25, -0.2) is 0 Å². The van der Waals surface area contributed by atoms with Crippen LogP contribution in [-0.2, 0) is 4.79 Å². The molecule has 1 aliphatic rings. The number of rotatable bonds is 6. The molecule has 128 valence electrons. The van der Waals surface area contributed by atoms with E-state index in [2.05, 4.69) is 30.6 Å². The van der Waals surface area contributed by atoms with Crippen molar-refractivity contribution in [3.8, 4) is 0 Å². The third-order valence-electron chi connectivity index (χ3n) is 4.47. The SMILES string of the molecule is CCC1CN(C(C(=O)O)c2cccc(Cl)c2)CCN1CC(C)C. The highest BCUT2D eigenvalue weighted by Gasteiger charge is 2.34. The van der Waals surface area contributed by atoms with Gasteiger partial charge in [0.05, 0.1) is 0 Å². The molecule has 1 fully saturated rings. The second-order valence-corrected chi connectivity index (χ2v) is 7.18. The van der Waals surface area contributed by atoms with Crippen LogP contribution in [0.1, 0.15) is 38.8 Å². The van der Waals surface area contributed by atoms with Crippen LogP contribution in [0, 0.1) is 5.92 Å². The van der Waals surface area contributed by atoms with Crippen LogP contribution in [0.5, 0.6) is 0 Å². The van der Waals surface area contributed by atoms with Crippen LogP contribution >= 0.6 is 11.6 Å². The fraction of sp³-hybridized carbons (Fsp3) is 0.611. The first-order valence-electron chi connectivity index (χ1n) is 8.38. The van der Waals surface area contributed by atoms with E-state index in [0.717, 1.165) is 38.2 Å². The van der Waals surface area contributed by atoms with Gasteiger partial charge in [-0.15, -0.1) is 0 Å². The van der Waals surface area contributed by atoms with Crippen LogP contribution in [0.3, 0.4) is 0 Å². The number of carbonyl (C=O) groups is 1. The van der Waals surface area contributed by atoms with Gasteiger partial charge in [0.25, 0.3) is 0 Å². The molecule has 0 aromatic heterocycles. The quantitative estimate of drug-likeness (QED) is 0.862. The molecule has 1 aliphatic heterocycles. The van der Waals surface area contributed by atoms with Gasteiger partial charge in [-0.05, 0) is 30.0 Å². The first-order valence-corrected chi connectivity index (χ1v) is 8.76. The summed E-state index contributed by atoms with van der Waals surface area (Å²) in [6, 6.07) is 7.00. The lowest BCUT2D eigenvalue weighted by Crippen LogP contribution is -2.55. The van der Waals surface area contributed by atoms with Crippen molar-refractivity contribution >= 4 is 17.6 Å². The summed E-state index contributed by atoms with van der Waals surface area (Å²) in [6.07, 6.45) is 1.03. The smallest absolute Gasteiger partial charge is 0.325 e. The Balaban J connectivity index is 2.17. The van der Waals surface area contributed by atoms with Crippen LogP contribution in [0.2, 0.25) is 5.02 Å². The zero-order chi connectivity index (χ0) is 17.0. The Morgan fingerprint density at radius 1 is 1.39 bits per heavy atom. The normalized spacial score (nSPS) is 21.5. The summed E-state index contributed by atoms with van der Waals surface area (Å²) in [5, 5.41) is 10.3. The standard InChI is InChI=1S/C18H27ClN2O2/c1-4-16-12-21(9-8-20(16)11-13(2)3)17(18(22)23)14-6-5-7-15(19)10-14/h5-7,10,13,16-17H,4,8-9,11-12H2,1-3H3,(H,22,23). The maximum absolute atomic E-state index is 11.9. The fourth-order valence-electron chi connectivity index (χ4n) is 3.43. The predicted octanol–water partition coefficient (Wildman–Crippen LogP) is 3.52. The van der Waals surface area contributed by atoms with Crippen molar-refractivity contribution in [2.75, 3.05) is 26.2 Å². The third-order valence-corrected chi connectivity index (χ3v) is 4.71. The maximum Gasteiger partial charge on any atom is 0.325 e. The Kier molecular flexibility index (Phi) is 6.45. The van der Waals surface area contributed by atoms with Crippen LogP contribution < -0.4 is 0 Å². The van der Waals surface area contributed by atoms with Gasteiger partial charge in [-0.1, -0.05) is 44.5 Å². The molecule has 1 aromatic rings. The largest absolute Gasteiger partial charge is 0.480 e. The van der Waals surface area contributed by atoms with Crippen LogP contribution in [0.15, 0.2) is 24.3 Å². The first-order chi connectivity index (χ1) is 10.9. The number of halogens is 1. The summed E-state index contributed by atoms with van der Waals surface area (Å²) in [5.41, 5.74) is 0.761. The fourth-order valence-corrected chi connectivity index (χ4v) is 3.63. The molecular weight excluding hydrogens is 312 g/mol. The molecule has 0 aliphatic carbocycles. The highest BCUT2D eigenvalue weighted by molar-refractivity contribution is 6.30. The molecule has 2 unspecified atom stereocenters. The number of hydrogen-bond donors (Lipinski definition) is 1. The van der Waals surface area contributed by atoms with E-state index in [0.29, 0.717) is 17.0 Å². The number of benzene rings is 1. The van der Waals surface area contributed by atoms with Gasteiger partial charge in [0, 0.05) is 37.2 Å². The Bertz CT molecular complexity index is 536. The molecule has 1 aromatic carbocycles. The highest BCUT2D eigenvalue weighted by atomic mass is 35.5. The van der Waals surface area contributed by atoms with Crippen molar-refractivity contribution in [2.24, 2.45) is 5.92 Å². The number of nitrogens with zero attached hydrogens (tertiary/aromatic N) is 2. The van der Waals surface area contributed by atoms with E-state index in [1.165, 1.54) is 0 Å². The summed E-state index contributed by atoms with van der Waals surface area (Å²) in [5.74, 6) is -0.182. The molecule has 4 nitrogen and oxygen atoms in total. The Hall–Kier alpha value is -1.10. The molecule has 1 heterocycles. The summed E-state index contributed by atoms with van der Waals surface area (Å²) < 4.78 is 0. The Morgan fingerprint density at radius 2 is 2.13 bits per heavy atom. The lowest BCUT2D eigenvalue weighted by molar-refractivity contribution is -0.145. The van der Waals surface area contributed by atoms with Crippen molar-refractivity contribution < 1.29 is 9.90 Å². The lowest BCUT2D eigenvalue weighted by atomic mass is 10.0. The molecule has 0 saturated carbocycles. The molecule has 5 heteroatoms. The van der Waals surface area contributed by atoms with Gasteiger partial charge < -0.3 is 5.11 Å². The minimum Gasteiger partial charge on any atom is -0.480 e. The molecule has 2 atom stereocenters. The van der Waals surface area contributed by atoms with Crippen molar-refractivity contribution in [2.45, 2.75) is 39.3 Å². The lowest BCUT2D eigenvalue weighted by Gasteiger charge is -2.44. The van der Waals surface area contributed by atoms with Gasteiger partial charge in [0.2, 0.25) is 0 Å². The molecule has 0 spiro atoms. The summed E-state index contributed by atoms with van der Waals surface area (Å²) >= 11 is 6.05. The molecule has 2 rings (SSSR count). The number of piperazine rings is 1. The van der Waals surface area contributed by atoms with E-state index in [1.54, 1.807) is 12.1 Å². The minimum atomic E-state index is -0.806. The number of carboxylic acid groups (broad SMARTS) is 1. The number of carboxylic acids is 1. The number of hydrogen-bond acceptors (Lipinski definition) is 3. The average Bonchev–Trinajstić information content (AvgIpc) is 2.48. The van der Waals surface area contributed by atoms with Crippen LogP contribution in [0.4, 0.5) is 0 Å². The van der Waals surface area contributed by atoms with Crippen LogP contribution in [0.25, 0.3) is 0 Å². The van der Waals surface area contributed by atoms with Crippen molar-refractivity contribution in [3.63, 3.8) is 0 Å². The van der Waals surface area contributed by atoms with E-state index in [-0.39, 0.29) is 0 Å². The van der Waals surface area contributed by atoms with E-state index >= 15 is 0 Å². The molecule has 1 saturated heterocycles. The zero-order valence-electron chi connectivity index (χ0n) is 14.2. The predicted molar refractivity (Wildman–Crippen MR) is 93.9 cm³/mol. The van der Waals surface area contributed by atoms with E-state index in [1.807, 2.05) is 12.1 Å². The summed E-state index contributed by atoms with van der Waals surface area (Å²) in [6.45, 7) is 10.2. The molecule has 0 bridgehead atoms. The van der Waals surface area contributed by atoms with Gasteiger partial charge in [-0.3, -0.25) is 14.6 Å². The molecule has 0 radical (unpaired) electrons. The van der Waals surface area contributed by atoms with Crippen molar-refractivity contribution in [1.82, 2.24) is 9.80 Å². The van der Waals surface area contributed by atoms with Gasteiger partial charge in [0.15, 0.2) is 0 Å². The first kappa shape index (κ1) is 18.2. The van der Waals surface area contributed by atoms with Gasteiger partial charge in [0.1, 0.15) is 6.04 Å². The summed E-state index contributed by atoms with van der Waals surface area (Å²) in [7, 11) is 0. The van der Waals surface area contributed by atoms with Crippen LogP contribution in [-0.4, -0.2) is 53.1 Å². The second-order valence-electron chi connectivity index (χ2n) is 6.74. The zero-order valence-corrected chi connectivity index (χ0v) is 15.0. The van der Waals surface area contributed by atoms with E-state index in [9.17, 15) is 9.90 Å². The Morgan fingerprint density at radius 3 is 2.70 bits per heavy atom.